The number of aromatic amines is 1. The van der Waals surface area contributed by atoms with Gasteiger partial charge in [0.25, 0.3) is 5.91 Å². The molecule has 0 unspecified atom stereocenters. The van der Waals surface area contributed by atoms with E-state index in [0.29, 0.717) is 25.1 Å². The summed E-state index contributed by atoms with van der Waals surface area (Å²) in [5.74, 6) is -0.373. The van der Waals surface area contributed by atoms with Gasteiger partial charge in [-0.25, -0.2) is 0 Å². The Morgan fingerprint density at radius 3 is 2.55 bits per heavy atom. The van der Waals surface area contributed by atoms with Crippen LogP contribution in [0.2, 0.25) is 0 Å². The molecule has 1 aromatic heterocycles. The molecule has 2 heterocycles. The van der Waals surface area contributed by atoms with Crippen molar-refractivity contribution in [1.82, 2.24) is 15.2 Å². The number of hydrogen-bond acceptors (Lipinski definition) is 4. The highest BCUT2D eigenvalue weighted by Crippen LogP contribution is 2.27. The van der Waals surface area contributed by atoms with E-state index < -0.39 is 5.54 Å². The van der Waals surface area contributed by atoms with Crippen LogP contribution in [0.3, 0.4) is 0 Å². The van der Waals surface area contributed by atoms with Gasteiger partial charge in [0, 0.05) is 31.5 Å². The standard InChI is InChI=1S/C22H33N3O4/c1-3-22(2,21(28)24-17-8-5-4-6-9-17)25(15-18-10-7-13-29-18)20(27)16-11-12-19(26)23-14-16/h11-12,14,17-18H,3-10,13,15H2,1-2H3,(H,23,26)(H,24,28)/t18-,22+/m1/s1. The van der Waals surface area contributed by atoms with E-state index in [9.17, 15) is 14.4 Å². The highest BCUT2D eigenvalue weighted by molar-refractivity contribution is 5.99. The van der Waals surface area contributed by atoms with Gasteiger partial charge in [0.05, 0.1) is 11.7 Å². The van der Waals surface area contributed by atoms with Crippen molar-refractivity contribution in [3.8, 4) is 0 Å². The van der Waals surface area contributed by atoms with E-state index in [-0.39, 0.29) is 29.5 Å². The monoisotopic (exact) mass is 403 g/mol. The fourth-order valence-corrected chi connectivity index (χ4v) is 4.26. The molecule has 1 aliphatic heterocycles. The van der Waals surface area contributed by atoms with E-state index in [1.807, 2.05) is 13.8 Å². The van der Waals surface area contributed by atoms with Crippen molar-refractivity contribution in [2.75, 3.05) is 13.2 Å². The average molecular weight is 404 g/mol. The minimum Gasteiger partial charge on any atom is -0.376 e. The average Bonchev–Trinajstić information content (AvgIpc) is 3.25. The lowest BCUT2D eigenvalue weighted by atomic mass is 9.90. The summed E-state index contributed by atoms with van der Waals surface area (Å²) in [6.45, 7) is 4.82. The highest BCUT2D eigenvalue weighted by atomic mass is 16.5. The zero-order valence-electron chi connectivity index (χ0n) is 17.5. The Labute approximate surface area is 172 Å². The third-order valence-electron chi connectivity index (χ3n) is 6.40. The van der Waals surface area contributed by atoms with E-state index in [0.717, 1.165) is 38.5 Å². The second-order valence-corrected chi connectivity index (χ2v) is 8.43. The first-order chi connectivity index (χ1) is 13.9. The van der Waals surface area contributed by atoms with Gasteiger partial charge in [-0.3, -0.25) is 14.4 Å². The topological polar surface area (TPSA) is 91.5 Å². The van der Waals surface area contributed by atoms with Gasteiger partial charge in [-0.1, -0.05) is 26.2 Å². The number of ether oxygens (including phenoxy) is 1. The van der Waals surface area contributed by atoms with Crippen molar-refractivity contribution in [3.63, 3.8) is 0 Å². The molecule has 1 aliphatic carbocycles. The van der Waals surface area contributed by atoms with Gasteiger partial charge < -0.3 is 19.9 Å². The molecule has 2 amide bonds. The van der Waals surface area contributed by atoms with E-state index in [1.165, 1.54) is 24.8 Å². The lowest BCUT2D eigenvalue weighted by Crippen LogP contribution is -2.61. The van der Waals surface area contributed by atoms with Gasteiger partial charge >= 0.3 is 0 Å². The molecule has 0 bridgehead atoms. The molecule has 160 valence electrons. The van der Waals surface area contributed by atoms with Crippen LogP contribution >= 0.6 is 0 Å². The maximum atomic E-state index is 13.4. The number of carbonyl (C=O) groups is 2. The van der Waals surface area contributed by atoms with Crippen molar-refractivity contribution in [2.24, 2.45) is 0 Å². The predicted octanol–water partition coefficient (Wildman–Crippen LogP) is 2.61. The molecule has 0 radical (unpaired) electrons. The van der Waals surface area contributed by atoms with Crippen LogP contribution in [0.5, 0.6) is 0 Å². The number of nitrogens with zero attached hydrogens (tertiary/aromatic N) is 1. The fraction of sp³-hybridized carbons (Fsp3) is 0.682. The SMILES string of the molecule is CC[C@@](C)(C(=O)NC1CCCCC1)N(C[C@H]1CCCO1)C(=O)c1ccc(=O)[nH]c1. The fourth-order valence-electron chi connectivity index (χ4n) is 4.26. The number of H-pyrrole nitrogens is 1. The summed E-state index contributed by atoms with van der Waals surface area (Å²) in [7, 11) is 0. The van der Waals surface area contributed by atoms with Gasteiger partial charge in [0.15, 0.2) is 0 Å². The Kier molecular flexibility index (Phi) is 7.11. The molecule has 2 fully saturated rings. The molecule has 1 aromatic rings. The Balaban J connectivity index is 1.85. The summed E-state index contributed by atoms with van der Waals surface area (Å²) < 4.78 is 5.77. The van der Waals surface area contributed by atoms with Gasteiger partial charge in [-0.15, -0.1) is 0 Å². The molecule has 0 spiro atoms. The zero-order chi connectivity index (χ0) is 20.9. The van der Waals surface area contributed by atoms with Crippen molar-refractivity contribution in [1.29, 1.82) is 0 Å². The lowest BCUT2D eigenvalue weighted by molar-refractivity contribution is -0.133. The molecule has 3 rings (SSSR count). The number of aromatic nitrogens is 1. The number of nitrogens with one attached hydrogen (secondary N) is 2. The summed E-state index contributed by atoms with van der Waals surface area (Å²) >= 11 is 0. The molecular weight excluding hydrogens is 370 g/mol. The largest absolute Gasteiger partial charge is 0.376 e. The van der Waals surface area contributed by atoms with E-state index in [1.54, 1.807) is 4.90 Å². The van der Waals surface area contributed by atoms with Gasteiger partial charge in [-0.05, 0) is 45.1 Å². The van der Waals surface area contributed by atoms with Crippen LogP contribution in [0, 0.1) is 0 Å². The summed E-state index contributed by atoms with van der Waals surface area (Å²) in [6.07, 6.45) is 9.13. The smallest absolute Gasteiger partial charge is 0.256 e. The van der Waals surface area contributed by atoms with Crippen molar-refractivity contribution in [3.05, 3.63) is 34.2 Å². The van der Waals surface area contributed by atoms with Crippen LogP contribution in [0.1, 0.15) is 75.6 Å². The van der Waals surface area contributed by atoms with Crippen LogP contribution in [0.4, 0.5) is 0 Å². The predicted molar refractivity (Wildman–Crippen MR) is 111 cm³/mol. The number of hydrogen-bond donors (Lipinski definition) is 2. The number of carbonyl (C=O) groups excluding carboxylic acids is 2. The molecule has 0 aromatic carbocycles. The minimum atomic E-state index is -0.989. The van der Waals surface area contributed by atoms with Crippen LogP contribution in [-0.2, 0) is 9.53 Å². The quantitative estimate of drug-likeness (QED) is 0.732. The molecule has 2 aliphatic rings. The third-order valence-corrected chi connectivity index (χ3v) is 6.40. The van der Waals surface area contributed by atoms with E-state index in [4.69, 9.17) is 4.74 Å². The second-order valence-electron chi connectivity index (χ2n) is 8.43. The molecule has 1 saturated carbocycles. The van der Waals surface area contributed by atoms with Crippen LogP contribution in [0.25, 0.3) is 0 Å². The minimum absolute atomic E-state index is 0.0740. The first-order valence-electron chi connectivity index (χ1n) is 10.9. The Morgan fingerprint density at radius 1 is 1.21 bits per heavy atom. The van der Waals surface area contributed by atoms with E-state index in [2.05, 4.69) is 10.3 Å². The lowest BCUT2D eigenvalue weighted by Gasteiger charge is -2.41. The maximum Gasteiger partial charge on any atom is 0.256 e. The molecule has 2 atom stereocenters. The van der Waals surface area contributed by atoms with Crippen molar-refractivity contribution >= 4 is 11.8 Å². The zero-order valence-corrected chi connectivity index (χ0v) is 17.5. The Bertz CT molecular complexity index is 745. The van der Waals surface area contributed by atoms with Crippen LogP contribution in [-0.4, -0.2) is 52.5 Å². The van der Waals surface area contributed by atoms with Gasteiger partial charge in [0.2, 0.25) is 11.5 Å². The maximum absolute atomic E-state index is 13.4. The van der Waals surface area contributed by atoms with Gasteiger partial charge in [-0.2, -0.15) is 0 Å². The van der Waals surface area contributed by atoms with Gasteiger partial charge in [0.1, 0.15) is 5.54 Å². The first-order valence-corrected chi connectivity index (χ1v) is 10.9. The molecule has 29 heavy (non-hydrogen) atoms. The number of amides is 2. The third kappa shape index (κ3) is 5.07. The van der Waals surface area contributed by atoms with Crippen LogP contribution in [0.15, 0.2) is 23.1 Å². The highest BCUT2D eigenvalue weighted by Gasteiger charge is 2.43. The summed E-state index contributed by atoms with van der Waals surface area (Å²) in [6, 6.07) is 3.02. The first kappa shape index (κ1) is 21.6. The molecule has 2 N–H and O–H groups in total. The molecule has 7 nitrogen and oxygen atoms in total. The van der Waals surface area contributed by atoms with Crippen molar-refractivity contribution < 1.29 is 14.3 Å². The van der Waals surface area contributed by atoms with E-state index >= 15 is 0 Å². The number of pyridine rings is 1. The molecular formula is C22H33N3O4. The van der Waals surface area contributed by atoms with Crippen LogP contribution < -0.4 is 10.9 Å². The summed E-state index contributed by atoms with van der Waals surface area (Å²) in [4.78, 5) is 42.4. The second kappa shape index (κ2) is 9.57. The molecule has 1 saturated heterocycles. The Morgan fingerprint density at radius 2 is 1.97 bits per heavy atom. The molecule has 7 heteroatoms. The van der Waals surface area contributed by atoms with Crippen molar-refractivity contribution in [2.45, 2.75) is 82.9 Å². The normalized spacial score (nSPS) is 22.1. The summed E-state index contributed by atoms with van der Waals surface area (Å²) in [5.41, 5.74) is -0.885. The summed E-state index contributed by atoms with van der Waals surface area (Å²) in [5, 5.41) is 3.20. The Hall–Kier alpha value is -2.15. The number of rotatable bonds is 7.